The molecule has 1 unspecified atom stereocenters. The van der Waals surface area contributed by atoms with Crippen LogP contribution in [0.5, 0.6) is 0 Å². The monoisotopic (exact) mass is 361 g/mol. The standard InChI is InChI=1S/C18H20ClN3O3/c1-11(2)12-6-8-13(9-7-12)16(20)10-21-18(23)14-4-3-5-15(19)17(14)22(24)25/h3-9,11,16H,10,20H2,1-2H3,(H,21,23). The number of nitrogens with two attached hydrogens (primary N) is 1. The highest BCUT2D eigenvalue weighted by molar-refractivity contribution is 6.33. The minimum Gasteiger partial charge on any atom is -0.350 e. The number of benzene rings is 2. The maximum absolute atomic E-state index is 12.3. The van der Waals surface area contributed by atoms with Gasteiger partial charge in [0.25, 0.3) is 5.91 Å². The van der Waals surface area contributed by atoms with Crippen LogP contribution in [-0.4, -0.2) is 17.4 Å². The number of amides is 1. The van der Waals surface area contributed by atoms with Crippen LogP contribution in [0.1, 0.15) is 47.3 Å². The zero-order valence-electron chi connectivity index (χ0n) is 14.0. The van der Waals surface area contributed by atoms with Crippen molar-refractivity contribution in [2.75, 3.05) is 6.54 Å². The quantitative estimate of drug-likeness (QED) is 0.603. The lowest BCUT2D eigenvalue weighted by Gasteiger charge is -2.15. The molecule has 0 heterocycles. The van der Waals surface area contributed by atoms with Crippen molar-refractivity contribution in [2.24, 2.45) is 5.73 Å². The van der Waals surface area contributed by atoms with Gasteiger partial charge in [0.15, 0.2) is 0 Å². The number of halogens is 1. The predicted molar refractivity (Wildman–Crippen MR) is 97.9 cm³/mol. The second-order valence-corrected chi connectivity index (χ2v) is 6.44. The topological polar surface area (TPSA) is 98.3 Å². The summed E-state index contributed by atoms with van der Waals surface area (Å²) in [5, 5.41) is 13.7. The minimum atomic E-state index is -0.665. The van der Waals surface area contributed by atoms with Gasteiger partial charge in [0, 0.05) is 12.6 Å². The smallest absolute Gasteiger partial charge is 0.300 e. The summed E-state index contributed by atoms with van der Waals surface area (Å²) in [5.41, 5.74) is 7.69. The van der Waals surface area contributed by atoms with Crippen molar-refractivity contribution in [2.45, 2.75) is 25.8 Å². The predicted octanol–water partition coefficient (Wildman–Crippen LogP) is 3.80. The zero-order chi connectivity index (χ0) is 18.6. The molecule has 0 fully saturated rings. The van der Waals surface area contributed by atoms with Gasteiger partial charge in [0.05, 0.1) is 4.92 Å². The highest BCUT2D eigenvalue weighted by Crippen LogP contribution is 2.28. The van der Waals surface area contributed by atoms with Crippen molar-refractivity contribution in [3.63, 3.8) is 0 Å². The Morgan fingerprint density at radius 3 is 2.36 bits per heavy atom. The first-order valence-electron chi connectivity index (χ1n) is 7.87. The zero-order valence-corrected chi connectivity index (χ0v) is 14.8. The molecule has 0 radical (unpaired) electrons. The summed E-state index contributed by atoms with van der Waals surface area (Å²) < 4.78 is 0. The van der Waals surface area contributed by atoms with Crippen LogP contribution in [0, 0.1) is 10.1 Å². The van der Waals surface area contributed by atoms with E-state index in [2.05, 4.69) is 19.2 Å². The van der Waals surface area contributed by atoms with Gasteiger partial charge in [-0.25, -0.2) is 0 Å². The molecule has 0 bridgehead atoms. The van der Waals surface area contributed by atoms with Gasteiger partial charge >= 0.3 is 5.69 Å². The van der Waals surface area contributed by atoms with Gasteiger partial charge in [0.2, 0.25) is 0 Å². The molecule has 25 heavy (non-hydrogen) atoms. The number of para-hydroxylation sites is 1. The third-order valence-corrected chi connectivity index (χ3v) is 4.23. The van der Waals surface area contributed by atoms with Crippen LogP contribution in [0.15, 0.2) is 42.5 Å². The van der Waals surface area contributed by atoms with Crippen LogP contribution >= 0.6 is 11.6 Å². The number of nitro groups is 1. The fraction of sp³-hybridized carbons (Fsp3) is 0.278. The van der Waals surface area contributed by atoms with Gasteiger partial charge in [-0.3, -0.25) is 14.9 Å². The van der Waals surface area contributed by atoms with E-state index in [-0.39, 0.29) is 17.1 Å². The molecule has 0 aliphatic rings. The number of hydrogen-bond acceptors (Lipinski definition) is 4. The minimum absolute atomic E-state index is 0.0776. The molecule has 0 saturated heterocycles. The van der Waals surface area contributed by atoms with Crippen molar-refractivity contribution >= 4 is 23.2 Å². The third-order valence-electron chi connectivity index (χ3n) is 3.93. The van der Waals surface area contributed by atoms with E-state index in [1.54, 1.807) is 0 Å². The Kier molecular flexibility index (Phi) is 6.12. The molecule has 0 spiro atoms. The molecule has 7 heteroatoms. The number of nitrogens with zero attached hydrogens (tertiary/aromatic N) is 1. The van der Waals surface area contributed by atoms with Gasteiger partial charge in [0.1, 0.15) is 10.6 Å². The maximum Gasteiger partial charge on any atom is 0.300 e. The van der Waals surface area contributed by atoms with E-state index in [1.807, 2.05) is 24.3 Å². The Bertz CT molecular complexity index is 776. The lowest BCUT2D eigenvalue weighted by Crippen LogP contribution is -2.32. The SMILES string of the molecule is CC(C)c1ccc(C(N)CNC(=O)c2cccc(Cl)c2[N+](=O)[O-])cc1. The first kappa shape index (κ1) is 18.9. The van der Waals surface area contributed by atoms with Crippen LogP contribution in [0.4, 0.5) is 5.69 Å². The van der Waals surface area contributed by atoms with E-state index >= 15 is 0 Å². The van der Waals surface area contributed by atoms with E-state index in [1.165, 1.54) is 23.8 Å². The van der Waals surface area contributed by atoms with Crippen LogP contribution in [0.2, 0.25) is 5.02 Å². The van der Waals surface area contributed by atoms with Crippen molar-refractivity contribution < 1.29 is 9.72 Å². The molecular formula is C18H20ClN3O3. The second kappa shape index (κ2) is 8.09. The summed E-state index contributed by atoms with van der Waals surface area (Å²) in [6, 6.07) is 11.7. The summed E-state index contributed by atoms with van der Waals surface area (Å²) in [6.45, 7) is 4.36. The maximum atomic E-state index is 12.3. The van der Waals surface area contributed by atoms with Gasteiger partial charge in [-0.05, 0) is 29.2 Å². The molecule has 0 aliphatic carbocycles. The van der Waals surface area contributed by atoms with Crippen molar-refractivity contribution in [1.29, 1.82) is 0 Å². The number of carbonyl (C=O) groups excluding carboxylic acids is 1. The summed E-state index contributed by atoms with van der Waals surface area (Å²) in [7, 11) is 0. The molecule has 2 aromatic rings. The van der Waals surface area contributed by atoms with Crippen molar-refractivity contribution in [1.82, 2.24) is 5.32 Å². The van der Waals surface area contributed by atoms with E-state index in [0.29, 0.717) is 5.92 Å². The average molecular weight is 362 g/mol. The average Bonchev–Trinajstić information content (AvgIpc) is 2.58. The summed E-state index contributed by atoms with van der Waals surface area (Å²) in [5.74, 6) is -0.156. The van der Waals surface area contributed by atoms with E-state index in [9.17, 15) is 14.9 Å². The van der Waals surface area contributed by atoms with Crippen molar-refractivity contribution in [3.8, 4) is 0 Å². The molecule has 3 N–H and O–H groups in total. The number of nitro benzene ring substituents is 1. The Balaban J connectivity index is 2.07. The Morgan fingerprint density at radius 2 is 1.80 bits per heavy atom. The summed E-state index contributed by atoms with van der Waals surface area (Å²) in [6.07, 6.45) is 0. The second-order valence-electron chi connectivity index (χ2n) is 6.03. The number of rotatable bonds is 6. The molecule has 0 aliphatic heterocycles. The largest absolute Gasteiger partial charge is 0.350 e. The molecule has 0 saturated carbocycles. The Morgan fingerprint density at radius 1 is 1.20 bits per heavy atom. The molecule has 132 valence electrons. The summed E-state index contributed by atoms with van der Waals surface area (Å²) >= 11 is 5.82. The molecule has 2 rings (SSSR count). The van der Waals surface area contributed by atoms with Gasteiger partial charge in [-0.15, -0.1) is 0 Å². The van der Waals surface area contributed by atoms with Gasteiger partial charge in [-0.1, -0.05) is 55.8 Å². The Labute approximate surface area is 151 Å². The molecular weight excluding hydrogens is 342 g/mol. The van der Waals surface area contributed by atoms with Gasteiger partial charge in [-0.2, -0.15) is 0 Å². The fourth-order valence-corrected chi connectivity index (χ4v) is 2.67. The number of carbonyl (C=O) groups is 1. The van der Waals surface area contributed by atoms with Crippen LogP contribution in [0.3, 0.4) is 0 Å². The first-order chi connectivity index (χ1) is 11.8. The van der Waals surface area contributed by atoms with E-state index in [0.717, 1.165) is 5.56 Å². The molecule has 1 amide bonds. The highest BCUT2D eigenvalue weighted by atomic mass is 35.5. The van der Waals surface area contributed by atoms with Crippen LogP contribution in [-0.2, 0) is 0 Å². The molecule has 0 aromatic heterocycles. The number of hydrogen-bond donors (Lipinski definition) is 2. The highest BCUT2D eigenvalue weighted by Gasteiger charge is 2.23. The van der Waals surface area contributed by atoms with Crippen LogP contribution in [0.25, 0.3) is 0 Å². The fourth-order valence-electron chi connectivity index (χ4n) is 2.43. The molecule has 2 aromatic carbocycles. The Hall–Kier alpha value is -2.44. The number of nitrogens with one attached hydrogen (secondary N) is 1. The lowest BCUT2D eigenvalue weighted by molar-refractivity contribution is -0.385. The van der Waals surface area contributed by atoms with Crippen molar-refractivity contribution in [3.05, 3.63) is 74.3 Å². The van der Waals surface area contributed by atoms with E-state index < -0.39 is 22.6 Å². The third kappa shape index (κ3) is 4.55. The lowest BCUT2D eigenvalue weighted by atomic mass is 9.99. The molecule has 1 atom stereocenters. The normalized spacial score (nSPS) is 12.0. The van der Waals surface area contributed by atoms with Gasteiger partial charge < -0.3 is 11.1 Å². The molecule has 6 nitrogen and oxygen atoms in total. The van der Waals surface area contributed by atoms with E-state index in [4.69, 9.17) is 17.3 Å². The summed E-state index contributed by atoms with van der Waals surface area (Å²) in [4.78, 5) is 22.7. The first-order valence-corrected chi connectivity index (χ1v) is 8.25. The van der Waals surface area contributed by atoms with Crippen LogP contribution < -0.4 is 11.1 Å².